The Morgan fingerprint density at radius 1 is 0.647 bits per heavy atom. The number of nitrogens with zero attached hydrogens (tertiary/aromatic N) is 2. The van der Waals surface area contributed by atoms with Crippen molar-refractivity contribution in [3.05, 3.63) is 178 Å². The second-order valence-corrected chi connectivity index (χ2v) is 25.3. The SMILES string of the molecule is COc1ccc(C(OCC(CCCCNC(=O)c2ccc3c(c2)C2(OC3=O)c3ccc(OC(=O)C(C)(C)C)cc3Oc3cc(OC(=O)C(C)(C)C)ccc32)COP(OCCC#N)N(C(C)C)C(C)C)(c2ccccc2)c2ccc(OC)cc2)cc1. The molecule has 0 bridgehead atoms. The van der Waals surface area contributed by atoms with Gasteiger partial charge in [-0.1, -0.05) is 61.0 Å². The van der Waals surface area contributed by atoms with E-state index in [0.29, 0.717) is 54.0 Å². The van der Waals surface area contributed by atoms with E-state index in [9.17, 15) is 24.4 Å². The molecule has 16 nitrogen and oxygen atoms in total. The summed E-state index contributed by atoms with van der Waals surface area (Å²) in [5, 5.41) is 12.6. The maximum absolute atomic E-state index is 14.3. The lowest BCUT2D eigenvalue weighted by Crippen LogP contribution is -2.36. The Morgan fingerprint density at radius 3 is 1.68 bits per heavy atom. The quantitative estimate of drug-likeness (QED) is 0.0187. The number of ether oxygens (including phenoxy) is 7. The average molecular weight is 1180 g/mol. The average Bonchev–Trinajstić information content (AvgIpc) is 1.67. The molecular weight excluding hydrogens is 1100 g/mol. The van der Waals surface area contributed by atoms with Crippen molar-refractivity contribution in [3.8, 4) is 40.6 Å². The monoisotopic (exact) mass is 1180 g/mol. The third-order valence-electron chi connectivity index (χ3n) is 14.8. The first-order valence-electron chi connectivity index (χ1n) is 28.8. The Morgan fingerprint density at radius 2 is 1.18 bits per heavy atom. The summed E-state index contributed by atoms with van der Waals surface area (Å²) in [7, 11) is 1.70. The van der Waals surface area contributed by atoms with E-state index >= 15 is 0 Å². The summed E-state index contributed by atoms with van der Waals surface area (Å²) in [6.07, 6.45) is 2.14. The molecule has 1 N–H and O–H groups in total. The number of benzene rings is 6. The van der Waals surface area contributed by atoms with Gasteiger partial charge in [-0.3, -0.25) is 14.4 Å². The van der Waals surface area contributed by atoms with Crippen LogP contribution in [0.25, 0.3) is 0 Å². The van der Waals surface area contributed by atoms with Crippen LogP contribution in [0.15, 0.2) is 133 Å². The second-order valence-electron chi connectivity index (χ2n) is 23.8. The molecule has 2 unspecified atom stereocenters. The molecule has 17 heteroatoms. The van der Waals surface area contributed by atoms with E-state index in [4.69, 9.17) is 42.2 Å². The van der Waals surface area contributed by atoms with Crippen molar-refractivity contribution in [1.82, 2.24) is 9.99 Å². The van der Waals surface area contributed by atoms with Gasteiger partial charge in [0.25, 0.3) is 14.4 Å². The Balaban J connectivity index is 1.07. The van der Waals surface area contributed by atoms with E-state index in [0.717, 1.165) is 16.7 Å². The molecule has 2 heterocycles. The van der Waals surface area contributed by atoms with Crippen molar-refractivity contribution in [3.63, 3.8) is 0 Å². The van der Waals surface area contributed by atoms with Crippen LogP contribution < -0.4 is 29.0 Å². The van der Waals surface area contributed by atoms with Crippen LogP contribution in [0, 0.1) is 28.1 Å². The van der Waals surface area contributed by atoms with Crippen molar-refractivity contribution in [2.24, 2.45) is 16.7 Å². The first-order valence-corrected chi connectivity index (χ1v) is 29.9. The van der Waals surface area contributed by atoms with Gasteiger partial charge in [0.2, 0.25) is 0 Å². The molecule has 1 spiro atoms. The van der Waals surface area contributed by atoms with E-state index in [2.05, 4.69) is 55.9 Å². The van der Waals surface area contributed by atoms with Gasteiger partial charge in [0, 0.05) is 58.9 Å². The fourth-order valence-electron chi connectivity index (χ4n) is 10.3. The molecule has 2 aliphatic heterocycles. The topological polar surface area (TPSA) is 190 Å². The number of methoxy groups -OCH3 is 2. The van der Waals surface area contributed by atoms with Crippen molar-refractivity contribution >= 4 is 32.3 Å². The molecule has 8 rings (SSSR count). The summed E-state index contributed by atoms with van der Waals surface area (Å²) in [5.41, 5.74) is 0.164. The third kappa shape index (κ3) is 14.2. The lowest BCUT2D eigenvalue weighted by molar-refractivity contribution is -0.143. The Hall–Kier alpha value is -7.64. The zero-order chi connectivity index (χ0) is 61.3. The molecule has 0 saturated heterocycles. The number of hydrogen-bond acceptors (Lipinski definition) is 15. The number of fused-ring (bicyclic) bond motifs is 6. The smallest absolute Gasteiger partial charge is 0.340 e. The number of nitriles is 1. The minimum atomic E-state index is -1.62. The molecular formula is C68H78N3O13P. The van der Waals surface area contributed by atoms with Gasteiger partial charge in [0.1, 0.15) is 40.1 Å². The maximum Gasteiger partial charge on any atom is 0.340 e. The van der Waals surface area contributed by atoms with Gasteiger partial charge < -0.3 is 47.5 Å². The Kier molecular flexibility index (Phi) is 20.3. The third-order valence-corrected chi connectivity index (χ3v) is 16.8. The first-order chi connectivity index (χ1) is 40.5. The molecule has 0 fully saturated rings. The van der Waals surface area contributed by atoms with Crippen LogP contribution in [0.2, 0.25) is 0 Å². The van der Waals surface area contributed by atoms with Crippen LogP contribution in [-0.4, -0.2) is 81.2 Å². The van der Waals surface area contributed by atoms with Crippen molar-refractivity contribution < 1.29 is 61.4 Å². The fraction of sp³-hybridized carbons (Fsp3) is 0.397. The van der Waals surface area contributed by atoms with Gasteiger partial charge in [-0.25, -0.2) is 9.46 Å². The minimum absolute atomic E-state index is 0.0920. The molecule has 6 aromatic rings. The van der Waals surface area contributed by atoms with Crippen LogP contribution >= 0.6 is 8.53 Å². The second kappa shape index (κ2) is 27.2. The van der Waals surface area contributed by atoms with E-state index in [1.54, 1.807) is 110 Å². The molecule has 85 heavy (non-hydrogen) atoms. The highest BCUT2D eigenvalue weighted by Gasteiger charge is 2.54. The molecule has 2 aliphatic rings. The van der Waals surface area contributed by atoms with Crippen molar-refractivity contribution in [1.29, 1.82) is 5.26 Å². The highest BCUT2D eigenvalue weighted by molar-refractivity contribution is 7.44. The van der Waals surface area contributed by atoms with Crippen LogP contribution in [0.5, 0.6) is 34.5 Å². The summed E-state index contributed by atoms with van der Waals surface area (Å²) in [6.45, 7) is 20.0. The van der Waals surface area contributed by atoms with E-state index in [1.165, 1.54) is 0 Å². The van der Waals surface area contributed by atoms with Gasteiger partial charge in [0.15, 0.2) is 5.60 Å². The standard InChI is InChI=1S/C68H78N3O13P/c1-44(2)71(45(3)4)85(79-38-18-36-69)80-43-46(42-78-67(48-20-14-13-15-21-48,49-23-27-51(76-11)28-24-49)50-25-29-52(77-12)30-26-50)19-16-17-37-70-61(72)47-22-33-55-58(39-47)68(84-62(55)73)56-34-31-53(81-63(74)65(5,6)7)40-59(56)83-60-41-54(32-35-57(60)68)82-64(75)66(8,9)10/h13-15,20-35,39-41,44-46H,16-19,37-38,42-43H2,1-12H3,(H,70,72). The number of rotatable bonds is 25. The molecule has 448 valence electrons. The number of nitrogens with one attached hydrogen (secondary N) is 1. The van der Waals surface area contributed by atoms with Crippen LogP contribution in [-0.2, 0) is 39.3 Å². The van der Waals surface area contributed by atoms with Gasteiger partial charge in [-0.2, -0.15) is 5.26 Å². The molecule has 0 saturated carbocycles. The predicted molar refractivity (Wildman–Crippen MR) is 324 cm³/mol. The predicted octanol–water partition coefficient (Wildman–Crippen LogP) is 14.0. The summed E-state index contributed by atoms with van der Waals surface area (Å²) in [4.78, 5) is 54.5. The maximum atomic E-state index is 14.3. The van der Waals surface area contributed by atoms with Crippen LogP contribution in [0.1, 0.15) is 149 Å². The number of carbonyl (C=O) groups excluding carboxylic acids is 4. The molecule has 0 aromatic heterocycles. The summed E-state index contributed by atoms with van der Waals surface area (Å²) in [6, 6.07) is 42.9. The van der Waals surface area contributed by atoms with Crippen molar-refractivity contribution in [2.75, 3.05) is 40.6 Å². The normalized spacial score (nSPS) is 14.1. The number of unbranched alkanes of at least 4 members (excludes halogenated alkanes) is 1. The number of carbonyl (C=O) groups is 4. The highest BCUT2D eigenvalue weighted by atomic mass is 31.2. The number of hydrogen-bond donors (Lipinski definition) is 1. The van der Waals surface area contributed by atoms with Crippen molar-refractivity contribution in [2.45, 2.75) is 118 Å². The molecule has 0 radical (unpaired) electrons. The summed E-state index contributed by atoms with van der Waals surface area (Å²) in [5.74, 6) is 0.169. The lowest BCUT2D eigenvalue weighted by Gasteiger charge is -2.38. The lowest BCUT2D eigenvalue weighted by atomic mass is 9.77. The van der Waals surface area contributed by atoms with Crippen LogP contribution in [0.3, 0.4) is 0 Å². The Bertz CT molecular complexity index is 3230. The van der Waals surface area contributed by atoms with E-state index in [-0.39, 0.29) is 84.3 Å². The van der Waals surface area contributed by atoms with Gasteiger partial charge in [0.05, 0.1) is 62.9 Å². The zero-order valence-electron chi connectivity index (χ0n) is 50.7. The fourth-order valence-corrected chi connectivity index (χ4v) is 12.0. The number of esters is 3. The van der Waals surface area contributed by atoms with E-state index < -0.39 is 48.5 Å². The molecule has 2 atom stereocenters. The largest absolute Gasteiger partial charge is 0.497 e. The van der Waals surface area contributed by atoms with Crippen LogP contribution in [0.4, 0.5) is 0 Å². The zero-order valence-corrected chi connectivity index (χ0v) is 51.6. The van der Waals surface area contributed by atoms with E-state index in [1.807, 2.05) is 66.7 Å². The molecule has 1 amide bonds. The summed E-state index contributed by atoms with van der Waals surface area (Å²) >= 11 is 0. The molecule has 0 aliphatic carbocycles. The number of amides is 1. The first kappa shape index (κ1) is 63.4. The summed E-state index contributed by atoms with van der Waals surface area (Å²) < 4.78 is 58.5. The Labute approximate surface area is 500 Å². The highest BCUT2D eigenvalue weighted by Crippen LogP contribution is 2.57. The van der Waals surface area contributed by atoms with Gasteiger partial charge >= 0.3 is 17.9 Å². The van der Waals surface area contributed by atoms with Gasteiger partial charge in [-0.05, 0) is 165 Å². The molecule has 6 aromatic carbocycles. The van der Waals surface area contributed by atoms with Gasteiger partial charge in [-0.15, -0.1) is 0 Å². The minimum Gasteiger partial charge on any atom is -0.497 e.